The van der Waals surface area contributed by atoms with Crippen molar-refractivity contribution in [3.8, 4) is 0 Å². The summed E-state index contributed by atoms with van der Waals surface area (Å²) in [4.78, 5) is 33.8. The predicted molar refractivity (Wildman–Crippen MR) is 148 cm³/mol. The predicted octanol–water partition coefficient (Wildman–Crippen LogP) is 2.08. The number of unbranched alkanes of at least 4 members (excludes halogenated alkanes) is 1. The molecule has 3 N–H and O–H groups in total. The van der Waals surface area contributed by atoms with E-state index in [0.29, 0.717) is 24.9 Å². The van der Waals surface area contributed by atoms with E-state index in [-0.39, 0.29) is 60.1 Å². The Kier molecular flexibility index (Phi) is 8.06. The molecule has 10 atom stereocenters. The van der Waals surface area contributed by atoms with Crippen LogP contribution in [0.1, 0.15) is 64.2 Å². The highest BCUT2D eigenvalue weighted by atomic mass is 19.1. The Morgan fingerprint density at radius 3 is 2.62 bits per heavy atom. The Labute approximate surface area is 232 Å². The van der Waals surface area contributed by atoms with E-state index < -0.39 is 12.1 Å². The van der Waals surface area contributed by atoms with Crippen molar-refractivity contribution >= 4 is 11.7 Å². The maximum Gasteiger partial charge on any atom is 0.256 e. The monoisotopic (exact) mass is 545 g/mol. The van der Waals surface area contributed by atoms with Crippen LogP contribution in [0.4, 0.5) is 4.39 Å². The van der Waals surface area contributed by atoms with Crippen molar-refractivity contribution in [2.75, 3.05) is 40.3 Å². The number of Topliss-reactive ketones (excluding diaryl/α,β-unsaturated/α-hetero) is 1. The number of hydrogen-bond donors (Lipinski definition) is 2. The first-order chi connectivity index (χ1) is 18.8. The summed E-state index contributed by atoms with van der Waals surface area (Å²) in [5.74, 6) is 0.263. The molecule has 1 amide bonds. The number of likely N-dealkylation sites (tertiary alicyclic amines) is 1. The van der Waals surface area contributed by atoms with Crippen LogP contribution in [0.5, 0.6) is 0 Å². The van der Waals surface area contributed by atoms with Gasteiger partial charge >= 0.3 is 0 Å². The number of nitrogens with two attached hydrogens (primary N) is 1. The highest BCUT2D eigenvalue weighted by Gasteiger charge is 2.60. The summed E-state index contributed by atoms with van der Waals surface area (Å²) >= 11 is 0. The van der Waals surface area contributed by atoms with Crippen molar-refractivity contribution in [1.82, 2.24) is 20.0 Å². The quantitative estimate of drug-likeness (QED) is 0.374. The summed E-state index contributed by atoms with van der Waals surface area (Å²) < 4.78 is 23.0. The topological polar surface area (TPSA) is 91.1 Å². The second kappa shape index (κ2) is 11.4. The number of nitrogens with zero attached hydrogens (tertiary/aromatic N) is 3. The Morgan fingerprint density at radius 1 is 1.13 bits per heavy atom. The number of ketones is 1. The highest BCUT2D eigenvalue weighted by Crippen LogP contribution is 2.50. The summed E-state index contributed by atoms with van der Waals surface area (Å²) in [5.41, 5.74) is 6.45. The molecule has 3 aliphatic carbocycles. The van der Waals surface area contributed by atoms with Crippen LogP contribution in [0, 0.1) is 17.8 Å². The molecule has 2 saturated heterocycles. The zero-order valence-corrected chi connectivity index (χ0v) is 23.8. The van der Waals surface area contributed by atoms with E-state index in [2.05, 4.69) is 20.0 Å². The third-order valence-electron chi connectivity index (χ3n) is 10.7. The van der Waals surface area contributed by atoms with Crippen molar-refractivity contribution in [3.63, 3.8) is 0 Å². The van der Waals surface area contributed by atoms with Gasteiger partial charge in [-0.15, -0.1) is 0 Å². The van der Waals surface area contributed by atoms with Crippen molar-refractivity contribution in [3.05, 3.63) is 11.8 Å². The first-order valence-corrected chi connectivity index (χ1v) is 15.6. The van der Waals surface area contributed by atoms with Crippen molar-refractivity contribution in [2.45, 2.75) is 107 Å². The number of carbonyl (C=O) groups excluding carboxylic acids is 2. The number of rotatable bonds is 7. The van der Waals surface area contributed by atoms with Crippen molar-refractivity contribution < 1.29 is 18.7 Å². The van der Waals surface area contributed by atoms with E-state index >= 15 is 4.39 Å². The Morgan fingerprint density at radius 2 is 1.90 bits per heavy atom. The van der Waals surface area contributed by atoms with E-state index in [1.165, 1.54) is 25.7 Å². The van der Waals surface area contributed by atoms with Gasteiger partial charge < -0.3 is 25.6 Å². The highest BCUT2D eigenvalue weighted by molar-refractivity contribution is 6.20. The molecule has 0 radical (unpaired) electrons. The largest absolute Gasteiger partial charge is 0.369 e. The molecule has 0 bridgehead atoms. The molecule has 3 aliphatic heterocycles. The van der Waals surface area contributed by atoms with Gasteiger partial charge in [0, 0.05) is 37.8 Å². The lowest BCUT2D eigenvalue weighted by Crippen LogP contribution is -2.73. The summed E-state index contributed by atoms with van der Waals surface area (Å²) in [7, 11) is 4.07. The van der Waals surface area contributed by atoms with E-state index in [0.717, 1.165) is 45.2 Å². The number of alkyl halides is 1. The van der Waals surface area contributed by atoms with Crippen molar-refractivity contribution in [1.29, 1.82) is 0 Å². The number of hydrogen-bond acceptors (Lipinski definition) is 7. The summed E-state index contributed by atoms with van der Waals surface area (Å²) in [6.45, 7) is 2.94. The molecule has 0 aromatic heterocycles. The summed E-state index contributed by atoms with van der Waals surface area (Å²) in [5, 5.41) is 2.99. The minimum atomic E-state index is -1.18. The van der Waals surface area contributed by atoms with E-state index in [9.17, 15) is 9.59 Å². The smallest absolute Gasteiger partial charge is 0.256 e. The molecule has 39 heavy (non-hydrogen) atoms. The maximum absolute atomic E-state index is 16.1. The standard InChI is InChI=1S/C30H48FN5O3/c1-34(2)11-6-5-10-33-30(38)22-17-36-24-13-18-7-3-4-8-19(18)14-25(24)39-29-26(36)21(28(22)37)15-23(31)27(29)35-12-9-20(32)16-35/h17-21,23-27,29H,3-16,32H2,1-2H3,(H,33,38). The fourth-order valence-electron chi connectivity index (χ4n) is 8.80. The Balaban J connectivity index is 1.28. The van der Waals surface area contributed by atoms with Gasteiger partial charge in [-0.25, -0.2) is 4.39 Å². The van der Waals surface area contributed by atoms with Crippen LogP contribution in [0.2, 0.25) is 0 Å². The number of halogens is 1. The normalized spacial score (nSPS) is 42.0. The molecule has 6 aliphatic rings. The van der Waals surface area contributed by atoms with Crippen LogP contribution in [-0.2, 0) is 14.3 Å². The number of ether oxygens (including phenoxy) is 1. The molecule has 9 heteroatoms. The van der Waals surface area contributed by atoms with Crippen LogP contribution in [0.3, 0.4) is 0 Å². The van der Waals surface area contributed by atoms with Gasteiger partial charge in [0.05, 0.1) is 35.9 Å². The zero-order valence-electron chi connectivity index (χ0n) is 23.8. The van der Waals surface area contributed by atoms with Gasteiger partial charge in [-0.1, -0.05) is 25.7 Å². The molecule has 0 aromatic carbocycles. The fraction of sp³-hybridized carbons (Fsp3) is 0.867. The number of carbonyl (C=O) groups is 2. The van der Waals surface area contributed by atoms with Crippen LogP contribution in [-0.4, -0.2) is 109 Å². The van der Waals surface area contributed by atoms with Crippen molar-refractivity contribution in [2.24, 2.45) is 23.5 Å². The van der Waals surface area contributed by atoms with Gasteiger partial charge in [0.2, 0.25) is 0 Å². The van der Waals surface area contributed by atoms with Gasteiger partial charge in [0.15, 0.2) is 5.78 Å². The summed E-state index contributed by atoms with van der Waals surface area (Å²) in [6.07, 6.45) is 10.3. The summed E-state index contributed by atoms with van der Waals surface area (Å²) in [6, 6.07) is -0.410. The Hall–Kier alpha value is -1.55. The number of amides is 1. The van der Waals surface area contributed by atoms with Gasteiger partial charge in [-0.05, 0) is 71.0 Å². The third-order valence-corrected chi connectivity index (χ3v) is 10.7. The molecular formula is C30H48FN5O3. The molecule has 5 fully saturated rings. The number of morpholine rings is 1. The van der Waals surface area contributed by atoms with E-state index in [1.54, 1.807) is 0 Å². The molecule has 3 saturated carbocycles. The molecule has 3 heterocycles. The zero-order chi connectivity index (χ0) is 27.3. The minimum absolute atomic E-state index is 0.00937. The lowest BCUT2D eigenvalue weighted by Gasteiger charge is -2.61. The fourth-order valence-corrected chi connectivity index (χ4v) is 8.80. The van der Waals surface area contributed by atoms with Crippen LogP contribution < -0.4 is 11.1 Å². The molecule has 8 nitrogen and oxygen atoms in total. The molecule has 6 rings (SSSR count). The van der Waals surface area contributed by atoms with Gasteiger partial charge in [0.1, 0.15) is 6.17 Å². The second-order valence-corrected chi connectivity index (χ2v) is 13.5. The SMILES string of the molecule is CN(C)CCCCNC(=O)C1=CN2C3CC4CCCCC4CC3OC3C(N4CCC(N)C4)C(F)CC(C1=O)C32. The van der Waals surface area contributed by atoms with Crippen LogP contribution in [0.25, 0.3) is 0 Å². The minimum Gasteiger partial charge on any atom is -0.369 e. The lowest BCUT2D eigenvalue weighted by molar-refractivity contribution is -0.219. The molecular weight excluding hydrogens is 497 g/mol. The molecule has 218 valence electrons. The molecule has 0 spiro atoms. The first-order valence-electron chi connectivity index (χ1n) is 15.6. The molecule has 0 aromatic rings. The van der Waals surface area contributed by atoms with E-state index in [1.807, 2.05) is 20.3 Å². The van der Waals surface area contributed by atoms with E-state index in [4.69, 9.17) is 10.5 Å². The average molecular weight is 546 g/mol. The molecule has 10 unspecified atom stereocenters. The second-order valence-electron chi connectivity index (χ2n) is 13.5. The van der Waals surface area contributed by atoms with Crippen LogP contribution >= 0.6 is 0 Å². The van der Waals surface area contributed by atoms with Gasteiger partial charge in [-0.3, -0.25) is 14.5 Å². The van der Waals surface area contributed by atoms with Gasteiger partial charge in [0.25, 0.3) is 5.91 Å². The first kappa shape index (κ1) is 27.6. The number of nitrogens with one attached hydrogen (secondary N) is 1. The van der Waals surface area contributed by atoms with Gasteiger partial charge in [-0.2, -0.15) is 0 Å². The number of fused-ring (bicyclic) bond motifs is 3. The third kappa shape index (κ3) is 5.29. The average Bonchev–Trinajstić information content (AvgIpc) is 3.33. The maximum atomic E-state index is 16.1. The lowest BCUT2D eigenvalue weighted by atomic mass is 9.64. The van der Waals surface area contributed by atoms with Crippen LogP contribution in [0.15, 0.2) is 11.8 Å². The Bertz CT molecular complexity index is 961.